The summed E-state index contributed by atoms with van der Waals surface area (Å²) < 4.78 is 0. The van der Waals surface area contributed by atoms with Crippen LogP contribution in [0.3, 0.4) is 0 Å². The molecule has 3 aromatic rings. The molecule has 1 N–H and O–H groups in total. The number of nitrogens with zero attached hydrogens (tertiary/aromatic N) is 2. The van der Waals surface area contributed by atoms with Crippen LogP contribution in [0.15, 0.2) is 30.3 Å². The van der Waals surface area contributed by atoms with E-state index in [1.54, 1.807) is 11.3 Å². The molecule has 2 heterocycles. The van der Waals surface area contributed by atoms with Crippen LogP contribution in [0.4, 0.5) is 5.82 Å². The summed E-state index contributed by atoms with van der Waals surface area (Å²) in [7, 11) is 0. The van der Waals surface area contributed by atoms with Crippen molar-refractivity contribution < 1.29 is 9.90 Å². The number of hydrogen-bond acceptors (Lipinski definition) is 6. The molecule has 5 nitrogen and oxygen atoms in total. The van der Waals surface area contributed by atoms with E-state index in [-0.39, 0.29) is 5.92 Å². The molecule has 0 saturated carbocycles. The van der Waals surface area contributed by atoms with Gasteiger partial charge in [-0.3, -0.25) is 0 Å². The molecule has 1 aromatic carbocycles. The van der Waals surface area contributed by atoms with Crippen molar-refractivity contribution in [2.75, 3.05) is 5.32 Å². The van der Waals surface area contributed by atoms with Gasteiger partial charge in [0, 0.05) is 11.3 Å². The molecule has 0 unspecified atom stereocenters. The summed E-state index contributed by atoms with van der Waals surface area (Å²) in [6, 6.07) is 9.35. The molecule has 0 radical (unpaired) electrons. The molecule has 0 saturated heterocycles. The lowest BCUT2D eigenvalue weighted by atomic mass is 9.96. The molecule has 0 fully saturated rings. The highest BCUT2D eigenvalue weighted by Crippen LogP contribution is 2.39. The van der Waals surface area contributed by atoms with E-state index in [1.165, 1.54) is 16.9 Å². The standard InChI is InChI=1S/C23H27N3O2S/c1-14(2)12-17(23(27)28)24-21-20-16-10-6-7-11-18(16)29-22(20)26-19(25-21)13-15-8-4-3-5-9-15/h3-5,8-9,14,17H,6-7,10-13H2,1-2H3,(H,27,28)(H,24,25,26)/p-1/t17-/m0/s1. The first kappa shape index (κ1) is 19.8. The Labute approximate surface area is 175 Å². The van der Waals surface area contributed by atoms with Crippen molar-refractivity contribution in [1.82, 2.24) is 9.97 Å². The van der Waals surface area contributed by atoms with Crippen molar-refractivity contribution in [3.8, 4) is 0 Å². The molecule has 0 aliphatic heterocycles. The molecule has 0 bridgehead atoms. The fourth-order valence-corrected chi connectivity index (χ4v) is 5.29. The Morgan fingerprint density at radius 1 is 1.17 bits per heavy atom. The van der Waals surface area contributed by atoms with Gasteiger partial charge in [-0.2, -0.15) is 0 Å². The largest absolute Gasteiger partial charge is 0.548 e. The van der Waals surface area contributed by atoms with Crippen LogP contribution >= 0.6 is 11.3 Å². The SMILES string of the molecule is CC(C)C[C@H](Nc1nc(Cc2ccccc2)nc2sc3c(c12)CCCC3)C(=O)[O-]. The number of benzene rings is 1. The van der Waals surface area contributed by atoms with Gasteiger partial charge < -0.3 is 15.2 Å². The zero-order chi connectivity index (χ0) is 20.4. The summed E-state index contributed by atoms with van der Waals surface area (Å²) in [6.07, 6.45) is 5.54. The van der Waals surface area contributed by atoms with Gasteiger partial charge in [0.25, 0.3) is 0 Å². The maximum atomic E-state index is 11.8. The smallest absolute Gasteiger partial charge is 0.139 e. The first-order valence-corrected chi connectivity index (χ1v) is 11.2. The Kier molecular flexibility index (Phi) is 5.81. The Balaban J connectivity index is 1.78. The lowest BCUT2D eigenvalue weighted by Crippen LogP contribution is -2.42. The van der Waals surface area contributed by atoms with E-state index < -0.39 is 12.0 Å². The number of thiophene rings is 1. The van der Waals surface area contributed by atoms with Crippen molar-refractivity contribution >= 4 is 33.3 Å². The second kappa shape index (κ2) is 8.49. The van der Waals surface area contributed by atoms with Crippen LogP contribution < -0.4 is 10.4 Å². The second-order valence-electron chi connectivity index (χ2n) is 8.19. The van der Waals surface area contributed by atoms with Gasteiger partial charge in [-0.1, -0.05) is 44.2 Å². The summed E-state index contributed by atoms with van der Waals surface area (Å²) in [5, 5.41) is 16.0. The summed E-state index contributed by atoms with van der Waals surface area (Å²) >= 11 is 1.73. The minimum absolute atomic E-state index is 0.239. The highest BCUT2D eigenvalue weighted by Gasteiger charge is 2.23. The summed E-state index contributed by atoms with van der Waals surface area (Å²) in [5.41, 5.74) is 2.43. The van der Waals surface area contributed by atoms with Crippen molar-refractivity contribution in [3.05, 3.63) is 52.2 Å². The van der Waals surface area contributed by atoms with E-state index in [2.05, 4.69) is 17.4 Å². The topological polar surface area (TPSA) is 77.9 Å². The van der Waals surface area contributed by atoms with E-state index in [0.29, 0.717) is 24.5 Å². The number of fused-ring (bicyclic) bond motifs is 3. The third-order valence-electron chi connectivity index (χ3n) is 5.37. The van der Waals surface area contributed by atoms with Gasteiger partial charge in [-0.15, -0.1) is 11.3 Å². The van der Waals surface area contributed by atoms with Gasteiger partial charge in [0.05, 0.1) is 17.4 Å². The van der Waals surface area contributed by atoms with Crippen LogP contribution in [0, 0.1) is 5.92 Å². The summed E-state index contributed by atoms with van der Waals surface area (Å²) in [5.74, 6) is 0.517. The number of carbonyl (C=O) groups excluding carboxylic acids is 1. The minimum atomic E-state index is -1.08. The fourth-order valence-electron chi connectivity index (χ4n) is 4.01. The minimum Gasteiger partial charge on any atom is -0.548 e. The molecular weight excluding hydrogens is 382 g/mol. The van der Waals surface area contributed by atoms with Gasteiger partial charge >= 0.3 is 0 Å². The zero-order valence-electron chi connectivity index (χ0n) is 16.9. The average Bonchev–Trinajstić information content (AvgIpc) is 3.06. The number of nitrogens with one attached hydrogen (secondary N) is 1. The molecule has 6 heteroatoms. The van der Waals surface area contributed by atoms with Crippen LogP contribution in [0.5, 0.6) is 0 Å². The quantitative estimate of drug-likeness (QED) is 0.644. The Hall–Kier alpha value is -2.47. The second-order valence-corrected chi connectivity index (χ2v) is 9.27. The molecule has 1 aliphatic carbocycles. The van der Waals surface area contributed by atoms with E-state index in [1.807, 2.05) is 32.0 Å². The monoisotopic (exact) mass is 408 g/mol. The molecule has 0 spiro atoms. The molecule has 1 aliphatic rings. The zero-order valence-corrected chi connectivity index (χ0v) is 17.7. The number of rotatable bonds is 7. The van der Waals surface area contributed by atoms with E-state index in [0.717, 1.165) is 35.0 Å². The lowest BCUT2D eigenvalue weighted by molar-refractivity contribution is -0.307. The molecule has 0 amide bonds. The van der Waals surface area contributed by atoms with Gasteiger partial charge in [-0.05, 0) is 49.1 Å². The lowest BCUT2D eigenvalue weighted by Gasteiger charge is -2.23. The third-order valence-corrected chi connectivity index (χ3v) is 6.55. The summed E-state index contributed by atoms with van der Waals surface area (Å²) in [4.78, 5) is 23.7. The van der Waals surface area contributed by atoms with Gasteiger partial charge in [0.1, 0.15) is 16.5 Å². The van der Waals surface area contributed by atoms with Crippen molar-refractivity contribution in [3.63, 3.8) is 0 Å². The number of carboxylic acid groups (broad SMARTS) is 1. The van der Waals surface area contributed by atoms with Crippen molar-refractivity contribution in [1.29, 1.82) is 0 Å². The number of carboxylic acids is 1. The van der Waals surface area contributed by atoms with Gasteiger partial charge in [0.2, 0.25) is 0 Å². The van der Waals surface area contributed by atoms with Crippen LogP contribution in [-0.4, -0.2) is 22.0 Å². The van der Waals surface area contributed by atoms with Crippen LogP contribution in [0.1, 0.15) is 54.9 Å². The van der Waals surface area contributed by atoms with Gasteiger partial charge in [0.15, 0.2) is 0 Å². The molecule has 1 atom stereocenters. The van der Waals surface area contributed by atoms with E-state index in [4.69, 9.17) is 9.97 Å². The number of carbonyl (C=O) groups is 1. The highest BCUT2D eigenvalue weighted by molar-refractivity contribution is 7.19. The molecular formula is C23H26N3O2S-. The number of aryl methyl sites for hydroxylation is 2. The Morgan fingerprint density at radius 2 is 1.93 bits per heavy atom. The van der Waals surface area contributed by atoms with Gasteiger partial charge in [-0.25, -0.2) is 9.97 Å². The third kappa shape index (κ3) is 4.42. The molecule has 29 heavy (non-hydrogen) atoms. The van der Waals surface area contributed by atoms with E-state index in [9.17, 15) is 9.90 Å². The Bertz CT molecular complexity index is 1010. The van der Waals surface area contributed by atoms with Crippen LogP contribution in [-0.2, 0) is 24.1 Å². The predicted octanol–water partition coefficient (Wildman–Crippen LogP) is 3.74. The highest BCUT2D eigenvalue weighted by atomic mass is 32.1. The number of aromatic nitrogens is 2. The first-order chi connectivity index (χ1) is 14.0. The number of aliphatic carboxylic acids is 1. The number of hydrogen-bond donors (Lipinski definition) is 1. The maximum Gasteiger partial charge on any atom is 0.139 e. The molecule has 2 aromatic heterocycles. The summed E-state index contributed by atoms with van der Waals surface area (Å²) in [6.45, 7) is 4.03. The van der Waals surface area contributed by atoms with Crippen molar-refractivity contribution in [2.45, 2.75) is 58.4 Å². The maximum absolute atomic E-state index is 11.8. The molecule has 4 rings (SSSR count). The average molecular weight is 409 g/mol. The van der Waals surface area contributed by atoms with Crippen molar-refractivity contribution in [2.24, 2.45) is 5.92 Å². The van der Waals surface area contributed by atoms with E-state index >= 15 is 0 Å². The van der Waals surface area contributed by atoms with Crippen LogP contribution in [0.2, 0.25) is 0 Å². The van der Waals surface area contributed by atoms with Crippen LogP contribution in [0.25, 0.3) is 10.2 Å². The normalized spacial score (nSPS) is 14.7. The fraction of sp³-hybridized carbons (Fsp3) is 0.435. The first-order valence-electron chi connectivity index (χ1n) is 10.3. The number of anilines is 1. The Morgan fingerprint density at radius 3 is 2.66 bits per heavy atom. The predicted molar refractivity (Wildman–Crippen MR) is 115 cm³/mol. The molecule has 152 valence electrons.